The summed E-state index contributed by atoms with van der Waals surface area (Å²) >= 11 is 2.64. The fourth-order valence-electron chi connectivity index (χ4n) is 3.73. The summed E-state index contributed by atoms with van der Waals surface area (Å²) in [7, 11) is 1.34. The highest BCUT2D eigenvalue weighted by atomic mass is 32.2. The van der Waals surface area contributed by atoms with Gasteiger partial charge in [0.2, 0.25) is 0 Å². The van der Waals surface area contributed by atoms with Crippen molar-refractivity contribution in [2.24, 2.45) is 0 Å². The third kappa shape index (κ3) is 5.16. The number of rotatable bonds is 6. The highest BCUT2D eigenvalue weighted by Gasteiger charge is 2.29. The van der Waals surface area contributed by atoms with Gasteiger partial charge in [-0.1, -0.05) is 30.0 Å². The summed E-state index contributed by atoms with van der Waals surface area (Å²) in [5.41, 5.74) is 2.43. The van der Waals surface area contributed by atoms with Crippen molar-refractivity contribution in [2.45, 2.75) is 23.9 Å². The number of hydrogen-bond acceptors (Lipinski definition) is 7. The average Bonchev–Trinajstić information content (AvgIpc) is 3.37. The molecule has 2 aromatic heterocycles. The topological polar surface area (TPSA) is 72.4 Å². The third-order valence-corrected chi connectivity index (χ3v) is 7.02. The first-order valence-corrected chi connectivity index (χ1v) is 12.1. The lowest BCUT2D eigenvalue weighted by molar-refractivity contribution is -0.137. The first-order valence-electron chi connectivity index (χ1n) is 10.2. The SMILES string of the molecule is COC(=O)CSc1ncc(-c2ccc(F)cc2)c(C2CCCN(C(=O)c3cccs3)C2)n1. The van der Waals surface area contributed by atoms with E-state index in [0.29, 0.717) is 18.2 Å². The van der Waals surface area contributed by atoms with Crippen molar-refractivity contribution in [2.75, 3.05) is 26.0 Å². The van der Waals surface area contributed by atoms with Gasteiger partial charge >= 0.3 is 5.97 Å². The number of esters is 1. The van der Waals surface area contributed by atoms with E-state index in [2.05, 4.69) is 4.98 Å². The van der Waals surface area contributed by atoms with Crippen molar-refractivity contribution in [3.8, 4) is 11.1 Å². The summed E-state index contributed by atoms with van der Waals surface area (Å²) in [6, 6.07) is 9.94. The minimum atomic E-state index is -0.354. The van der Waals surface area contributed by atoms with E-state index in [0.717, 1.165) is 34.5 Å². The molecule has 1 unspecified atom stereocenters. The third-order valence-electron chi connectivity index (χ3n) is 5.33. The monoisotopic (exact) mass is 471 g/mol. The first kappa shape index (κ1) is 22.4. The van der Waals surface area contributed by atoms with E-state index in [1.165, 1.54) is 42.3 Å². The molecule has 3 aromatic rings. The standard InChI is InChI=1S/C23H22FN3O3S2/c1-30-20(28)14-32-23-25-12-18(15-6-8-17(24)9-7-15)21(26-23)16-4-2-10-27(13-16)22(29)19-5-3-11-31-19/h3,5-9,11-12,16H,2,4,10,13-14H2,1H3. The van der Waals surface area contributed by atoms with Crippen LogP contribution in [0.3, 0.4) is 0 Å². The molecule has 0 spiro atoms. The molecule has 1 saturated heterocycles. The van der Waals surface area contributed by atoms with Crippen molar-refractivity contribution in [3.63, 3.8) is 0 Å². The van der Waals surface area contributed by atoms with E-state index in [4.69, 9.17) is 9.72 Å². The number of benzene rings is 1. The van der Waals surface area contributed by atoms with E-state index in [1.807, 2.05) is 22.4 Å². The van der Waals surface area contributed by atoms with Gasteiger partial charge in [0.05, 0.1) is 23.4 Å². The van der Waals surface area contributed by atoms with Gasteiger partial charge in [0.25, 0.3) is 5.91 Å². The molecule has 3 heterocycles. The van der Waals surface area contributed by atoms with Crippen LogP contribution in [0.25, 0.3) is 11.1 Å². The van der Waals surface area contributed by atoms with Gasteiger partial charge in [-0.25, -0.2) is 14.4 Å². The van der Waals surface area contributed by atoms with E-state index in [9.17, 15) is 14.0 Å². The van der Waals surface area contributed by atoms with Crippen LogP contribution in [0.1, 0.15) is 34.1 Å². The lowest BCUT2D eigenvalue weighted by Gasteiger charge is -2.33. The van der Waals surface area contributed by atoms with Crippen molar-refractivity contribution in [1.29, 1.82) is 0 Å². The molecule has 0 aliphatic carbocycles. The summed E-state index contributed by atoms with van der Waals surface area (Å²) in [5.74, 6) is -0.518. The number of nitrogens with zero attached hydrogens (tertiary/aromatic N) is 3. The van der Waals surface area contributed by atoms with Crippen LogP contribution in [-0.4, -0.2) is 52.7 Å². The lowest BCUT2D eigenvalue weighted by atomic mass is 9.90. The Morgan fingerprint density at radius 3 is 2.81 bits per heavy atom. The Kier molecular flexibility index (Phi) is 7.16. The second-order valence-corrected chi connectivity index (χ2v) is 9.28. The number of piperidine rings is 1. The highest BCUT2D eigenvalue weighted by Crippen LogP contribution is 2.35. The van der Waals surface area contributed by atoms with E-state index < -0.39 is 0 Å². The zero-order chi connectivity index (χ0) is 22.5. The second-order valence-electron chi connectivity index (χ2n) is 7.39. The Labute approximate surface area is 193 Å². The number of carbonyl (C=O) groups is 2. The van der Waals surface area contributed by atoms with Crippen LogP contribution in [0.15, 0.2) is 53.1 Å². The van der Waals surface area contributed by atoms with Crippen LogP contribution in [0, 0.1) is 5.82 Å². The molecular formula is C23H22FN3O3S2. The number of carbonyl (C=O) groups excluding carboxylic acids is 2. The molecule has 166 valence electrons. The zero-order valence-corrected chi connectivity index (χ0v) is 19.1. The minimum Gasteiger partial charge on any atom is -0.468 e. The molecule has 0 saturated carbocycles. The molecule has 0 bridgehead atoms. The molecule has 0 radical (unpaired) electrons. The summed E-state index contributed by atoms with van der Waals surface area (Å²) in [4.78, 5) is 36.2. The number of methoxy groups -OCH3 is 1. The van der Waals surface area contributed by atoms with Crippen LogP contribution in [0.5, 0.6) is 0 Å². The fourth-order valence-corrected chi connectivity index (χ4v) is 5.08. The van der Waals surface area contributed by atoms with Crippen LogP contribution in [0.2, 0.25) is 0 Å². The second kappa shape index (κ2) is 10.2. The summed E-state index contributed by atoms with van der Waals surface area (Å²) in [5, 5.41) is 2.37. The van der Waals surface area contributed by atoms with Crippen molar-refractivity contribution in [3.05, 3.63) is 64.4 Å². The number of ether oxygens (including phenoxy) is 1. The summed E-state index contributed by atoms with van der Waals surface area (Å²) < 4.78 is 18.2. The van der Waals surface area contributed by atoms with Gasteiger partial charge in [-0.15, -0.1) is 11.3 Å². The molecule has 1 fully saturated rings. The van der Waals surface area contributed by atoms with Crippen molar-refractivity contribution >= 4 is 35.0 Å². The molecule has 1 atom stereocenters. The Bertz CT molecular complexity index is 1090. The number of amides is 1. The van der Waals surface area contributed by atoms with Gasteiger partial charge in [0, 0.05) is 30.8 Å². The molecule has 1 amide bonds. The molecule has 1 aliphatic heterocycles. The largest absolute Gasteiger partial charge is 0.468 e. The summed E-state index contributed by atoms with van der Waals surface area (Å²) in [6.45, 7) is 1.25. The number of halogens is 1. The maximum Gasteiger partial charge on any atom is 0.316 e. The fraction of sp³-hybridized carbons (Fsp3) is 0.304. The van der Waals surface area contributed by atoms with Crippen molar-refractivity contribution < 1.29 is 18.7 Å². The van der Waals surface area contributed by atoms with Gasteiger partial charge in [-0.05, 0) is 42.0 Å². The van der Waals surface area contributed by atoms with Gasteiger partial charge in [0.1, 0.15) is 5.82 Å². The van der Waals surface area contributed by atoms with Gasteiger partial charge in [-0.3, -0.25) is 9.59 Å². The molecule has 1 aliphatic rings. The lowest BCUT2D eigenvalue weighted by Crippen LogP contribution is -2.39. The highest BCUT2D eigenvalue weighted by molar-refractivity contribution is 7.99. The number of thioether (sulfide) groups is 1. The first-order chi connectivity index (χ1) is 15.5. The maximum absolute atomic E-state index is 13.5. The zero-order valence-electron chi connectivity index (χ0n) is 17.5. The molecule has 32 heavy (non-hydrogen) atoms. The number of likely N-dealkylation sites (tertiary alicyclic amines) is 1. The van der Waals surface area contributed by atoms with Crippen LogP contribution in [-0.2, 0) is 9.53 Å². The molecule has 6 nitrogen and oxygen atoms in total. The average molecular weight is 472 g/mol. The van der Waals surface area contributed by atoms with Gasteiger partial charge in [-0.2, -0.15) is 0 Å². The summed E-state index contributed by atoms with van der Waals surface area (Å²) in [6.07, 6.45) is 3.45. The van der Waals surface area contributed by atoms with Crippen LogP contribution >= 0.6 is 23.1 Å². The normalized spacial score (nSPS) is 16.1. The molecule has 1 aromatic carbocycles. The van der Waals surface area contributed by atoms with Crippen LogP contribution < -0.4 is 0 Å². The molecule has 4 rings (SSSR count). The Balaban J connectivity index is 1.64. The maximum atomic E-state index is 13.5. The molecule has 0 N–H and O–H groups in total. The van der Waals surface area contributed by atoms with Gasteiger partial charge < -0.3 is 9.64 Å². The Morgan fingerprint density at radius 1 is 1.28 bits per heavy atom. The van der Waals surface area contributed by atoms with E-state index >= 15 is 0 Å². The Morgan fingerprint density at radius 2 is 2.09 bits per heavy atom. The van der Waals surface area contributed by atoms with Crippen LogP contribution in [0.4, 0.5) is 4.39 Å². The van der Waals surface area contributed by atoms with Crippen molar-refractivity contribution in [1.82, 2.24) is 14.9 Å². The Hall–Kier alpha value is -2.78. The van der Waals surface area contributed by atoms with E-state index in [1.54, 1.807) is 18.3 Å². The number of hydrogen-bond donors (Lipinski definition) is 0. The molecular weight excluding hydrogens is 449 g/mol. The number of aromatic nitrogens is 2. The predicted molar refractivity (Wildman–Crippen MR) is 122 cm³/mol. The smallest absolute Gasteiger partial charge is 0.316 e. The van der Waals surface area contributed by atoms with E-state index in [-0.39, 0.29) is 29.4 Å². The minimum absolute atomic E-state index is 0.00759. The predicted octanol–water partition coefficient (Wildman–Crippen LogP) is 4.63. The van der Waals surface area contributed by atoms with Gasteiger partial charge in [0.15, 0.2) is 5.16 Å². The quantitative estimate of drug-likeness (QED) is 0.297. The molecule has 9 heteroatoms. The number of thiophene rings is 1.